The number of nitrogens with zero attached hydrogens (tertiary/aromatic N) is 2. The van der Waals surface area contributed by atoms with Crippen LogP contribution in [-0.4, -0.2) is 44.5 Å². The summed E-state index contributed by atoms with van der Waals surface area (Å²) in [5, 5.41) is 0.902. The zero-order chi connectivity index (χ0) is 21.8. The average molecular weight is 408 g/mol. The standard InChI is InChI=1S/C24H28N2O4/c1-16-6-11-21-19(14-30-24(21)17(16)2)12-23(28)29-15-22(27)26(5)13-18-7-9-20(10-8-18)25(3)4/h6-11,14H,12-13,15H2,1-5H3. The van der Waals surface area contributed by atoms with Gasteiger partial charge < -0.3 is 19.0 Å². The van der Waals surface area contributed by atoms with Crippen LogP contribution in [0.15, 0.2) is 47.1 Å². The first-order valence-corrected chi connectivity index (χ1v) is 9.88. The van der Waals surface area contributed by atoms with Crippen LogP contribution in [0.4, 0.5) is 5.69 Å². The third kappa shape index (κ3) is 4.82. The van der Waals surface area contributed by atoms with E-state index in [2.05, 4.69) is 0 Å². The van der Waals surface area contributed by atoms with Crippen LogP contribution in [0.1, 0.15) is 22.3 Å². The van der Waals surface area contributed by atoms with Gasteiger partial charge in [0.25, 0.3) is 5.91 Å². The van der Waals surface area contributed by atoms with Crippen molar-refractivity contribution in [2.45, 2.75) is 26.8 Å². The van der Waals surface area contributed by atoms with Crippen LogP contribution < -0.4 is 4.90 Å². The molecular weight excluding hydrogens is 380 g/mol. The van der Waals surface area contributed by atoms with Gasteiger partial charge in [-0.3, -0.25) is 9.59 Å². The van der Waals surface area contributed by atoms with Crippen LogP contribution in [-0.2, 0) is 27.3 Å². The average Bonchev–Trinajstić information content (AvgIpc) is 3.12. The predicted molar refractivity (Wildman–Crippen MR) is 118 cm³/mol. The Morgan fingerprint density at radius 1 is 1.00 bits per heavy atom. The van der Waals surface area contributed by atoms with Gasteiger partial charge in [0.2, 0.25) is 0 Å². The lowest BCUT2D eigenvalue weighted by atomic mass is 10.0. The highest BCUT2D eigenvalue weighted by Gasteiger charge is 2.16. The normalized spacial score (nSPS) is 10.8. The number of hydrogen-bond acceptors (Lipinski definition) is 5. The minimum atomic E-state index is -0.451. The number of carbonyl (C=O) groups is 2. The van der Waals surface area contributed by atoms with Gasteiger partial charge in [0, 0.05) is 44.3 Å². The van der Waals surface area contributed by atoms with Gasteiger partial charge in [-0.15, -0.1) is 0 Å². The van der Waals surface area contributed by atoms with Gasteiger partial charge in [-0.2, -0.15) is 0 Å². The molecule has 0 atom stereocenters. The molecule has 3 aromatic rings. The van der Waals surface area contributed by atoms with Crippen LogP contribution in [0.5, 0.6) is 0 Å². The molecule has 1 amide bonds. The third-order valence-corrected chi connectivity index (χ3v) is 5.33. The fraction of sp³-hybridized carbons (Fsp3) is 0.333. The number of esters is 1. The summed E-state index contributed by atoms with van der Waals surface area (Å²) in [7, 11) is 5.66. The van der Waals surface area contributed by atoms with E-state index in [0.29, 0.717) is 6.54 Å². The summed E-state index contributed by atoms with van der Waals surface area (Å²) >= 11 is 0. The summed E-state index contributed by atoms with van der Waals surface area (Å²) in [5.41, 5.74) is 5.85. The Labute approximate surface area is 177 Å². The van der Waals surface area contributed by atoms with Crippen molar-refractivity contribution in [2.24, 2.45) is 0 Å². The lowest BCUT2D eigenvalue weighted by Gasteiger charge is -2.18. The molecule has 0 radical (unpaired) electrons. The summed E-state index contributed by atoms with van der Waals surface area (Å²) in [6.45, 7) is 4.18. The molecule has 0 saturated carbocycles. The number of amides is 1. The summed E-state index contributed by atoms with van der Waals surface area (Å²) in [6, 6.07) is 11.9. The summed E-state index contributed by atoms with van der Waals surface area (Å²) < 4.78 is 10.8. The van der Waals surface area contributed by atoms with Crippen molar-refractivity contribution in [3.8, 4) is 0 Å². The first-order valence-electron chi connectivity index (χ1n) is 9.88. The van der Waals surface area contributed by atoms with Crippen LogP contribution >= 0.6 is 0 Å². The number of furan rings is 1. The molecule has 6 nitrogen and oxygen atoms in total. The molecule has 0 aliphatic heterocycles. The highest BCUT2D eigenvalue weighted by molar-refractivity contribution is 5.89. The molecule has 30 heavy (non-hydrogen) atoms. The lowest BCUT2D eigenvalue weighted by molar-refractivity contribution is -0.151. The molecule has 1 heterocycles. The number of likely N-dealkylation sites (N-methyl/N-ethyl adjacent to an activating group) is 1. The van der Waals surface area contributed by atoms with Crippen molar-refractivity contribution >= 4 is 28.5 Å². The van der Waals surface area contributed by atoms with Crippen LogP contribution in [0.3, 0.4) is 0 Å². The van der Waals surface area contributed by atoms with Gasteiger partial charge in [-0.1, -0.05) is 24.3 Å². The molecule has 0 aliphatic rings. The first-order chi connectivity index (χ1) is 14.3. The molecule has 0 N–H and O–H groups in total. The van der Waals surface area contributed by atoms with E-state index in [0.717, 1.165) is 38.9 Å². The van der Waals surface area contributed by atoms with Crippen molar-refractivity contribution in [2.75, 3.05) is 32.6 Å². The molecule has 0 aliphatic carbocycles. The van der Waals surface area contributed by atoms with E-state index in [1.54, 1.807) is 18.2 Å². The number of aryl methyl sites for hydroxylation is 2. The topological polar surface area (TPSA) is 63.0 Å². The smallest absolute Gasteiger partial charge is 0.310 e. The number of carbonyl (C=O) groups excluding carboxylic acids is 2. The molecule has 158 valence electrons. The fourth-order valence-corrected chi connectivity index (χ4v) is 3.25. The van der Waals surface area contributed by atoms with Gasteiger partial charge in [0.15, 0.2) is 6.61 Å². The first kappa shape index (κ1) is 21.4. The number of rotatable bonds is 7. The van der Waals surface area contributed by atoms with E-state index in [-0.39, 0.29) is 18.9 Å². The van der Waals surface area contributed by atoms with E-state index in [4.69, 9.17) is 9.15 Å². The van der Waals surface area contributed by atoms with Crippen molar-refractivity contribution in [3.63, 3.8) is 0 Å². The summed E-state index contributed by atoms with van der Waals surface area (Å²) in [5.74, 6) is -0.698. The number of benzene rings is 2. The van der Waals surface area contributed by atoms with Crippen molar-refractivity contribution in [3.05, 3.63) is 64.9 Å². The van der Waals surface area contributed by atoms with Crippen molar-refractivity contribution in [1.29, 1.82) is 0 Å². The quantitative estimate of drug-likeness (QED) is 0.556. The molecule has 0 unspecified atom stereocenters. The van der Waals surface area contributed by atoms with E-state index in [1.165, 1.54) is 0 Å². The van der Waals surface area contributed by atoms with Gasteiger partial charge in [0.05, 0.1) is 12.7 Å². The second-order valence-corrected chi connectivity index (χ2v) is 7.79. The Morgan fingerprint density at radius 2 is 1.70 bits per heavy atom. The zero-order valence-corrected chi connectivity index (χ0v) is 18.2. The Morgan fingerprint density at radius 3 is 2.37 bits per heavy atom. The highest BCUT2D eigenvalue weighted by Crippen LogP contribution is 2.26. The second kappa shape index (κ2) is 9.03. The summed E-state index contributed by atoms with van der Waals surface area (Å²) in [6.07, 6.45) is 1.65. The van der Waals surface area contributed by atoms with E-state index >= 15 is 0 Å². The molecule has 0 spiro atoms. The molecule has 2 aromatic carbocycles. The van der Waals surface area contributed by atoms with Crippen LogP contribution in [0.25, 0.3) is 11.0 Å². The molecule has 1 aromatic heterocycles. The SMILES string of the molecule is Cc1ccc2c(CC(=O)OCC(=O)N(C)Cc3ccc(N(C)C)cc3)coc2c1C. The molecule has 0 bridgehead atoms. The molecule has 0 fully saturated rings. The Bertz CT molecular complexity index is 1050. The maximum Gasteiger partial charge on any atom is 0.310 e. The minimum Gasteiger partial charge on any atom is -0.464 e. The minimum absolute atomic E-state index is 0.0679. The Hall–Kier alpha value is -3.28. The third-order valence-electron chi connectivity index (χ3n) is 5.33. The molecular formula is C24H28N2O4. The maximum atomic E-state index is 12.3. The van der Waals surface area contributed by atoms with E-state index in [1.807, 2.05) is 69.2 Å². The van der Waals surface area contributed by atoms with E-state index < -0.39 is 5.97 Å². The van der Waals surface area contributed by atoms with Crippen LogP contribution in [0.2, 0.25) is 0 Å². The zero-order valence-electron chi connectivity index (χ0n) is 18.2. The second-order valence-electron chi connectivity index (χ2n) is 7.79. The molecule has 3 rings (SSSR count). The highest BCUT2D eigenvalue weighted by atomic mass is 16.5. The van der Waals surface area contributed by atoms with Gasteiger partial charge in [0.1, 0.15) is 5.58 Å². The number of anilines is 1. The van der Waals surface area contributed by atoms with E-state index in [9.17, 15) is 9.59 Å². The summed E-state index contributed by atoms with van der Waals surface area (Å²) in [4.78, 5) is 28.2. The fourth-order valence-electron chi connectivity index (χ4n) is 3.25. The predicted octanol–water partition coefficient (Wildman–Crippen LogP) is 3.86. The Balaban J connectivity index is 1.53. The van der Waals surface area contributed by atoms with Crippen molar-refractivity contribution < 1.29 is 18.7 Å². The van der Waals surface area contributed by atoms with Gasteiger partial charge in [-0.05, 0) is 42.7 Å². The number of hydrogen-bond donors (Lipinski definition) is 0. The van der Waals surface area contributed by atoms with Crippen LogP contribution in [0, 0.1) is 13.8 Å². The molecule has 0 saturated heterocycles. The van der Waals surface area contributed by atoms with Gasteiger partial charge in [-0.25, -0.2) is 0 Å². The largest absolute Gasteiger partial charge is 0.464 e. The van der Waals surface area contributed by atoms with Crippen molar-refractivity contribution in [1.82, 2.24) is 4.90 Å². The molecule has 6 heteroatoms. The maximum absolute atomic E-state index is 12.3. The lowest BCUT2D eigenvalue weighted by Crippen LogP contribution is -2.31. The van der Waals surface area contributed by atoms with Gasteiger partial charge >= 0.3 is 5.97 Å². The monoisotopic (exact) mass is 408 g/mol. The Kier molecular flexibility index (Phi) is 6.45. The number of fused-ring (bicyclic) bond motifs is 1. The number of ether oxygens (including phenoxy) is 1.